The molecular formula is C9H8BrFO2S. The van der Waals surface area contributed by atoms with Gasteiger partial charge in [0, 0.05) is 5.33 Å². The van der Waals surface area contributed by atoms with Crippen molar-refractivity contribution in [3.05, 3.63) is 42.0 Å². The minimum atomic E-state index is -4.65. The molecule has 76 valence electrons. The summed E-state index contributed by atoms with van der Waals surface area (Å²) in [4.78, 5) is -0.296. The third-order valence-corrected chi connectivity index (χ3v) is 2.83. The van der Waals surface area contributed by atoms with Crippen molar-refractivity contribution >= 4 is 31.1 Å². The van der Waals surface area contributed by atoms with E-state index in [1.807, 2.05) is 0 Å². The molecule has 5 heteroatoms. The lowest BCUT2D eigenvalue weighted by Crippen LogP contribution is -1.96. The maximum atomic E-state index is 12.8. The molecule has 1 rings (SSSR count). The van der Waals surface area contributed by atoms with Crippen molar-refractivity contribution in [2.75, 3.05) is 5.33 Å². The van der Waals surface area contributed by atoms with Gasteiger partial charge in [-0.3, -0.25) is 0 Å². The normalized spacial score (nSPS) is 12.9. The van der Waals surface area contributed by atoms with Crippen molar-refractivity contribution in [1.29, 1.82) is 0 Å². The molecule has 0 aliphatic heterocycles. The van der Waals surface area contributed by atoms with Gasteiger partial charge in [0.05, 0.1) is 0 Å². The monoisotopic (exact) mass is 278 g/mol. The van der Waals surface area contributed by atoms with E-state index in [1.54, 1.807) is 30.3 Å². The molecule has 0 amide bonds. The van der Waals surface area contributed by atoms with Crippen LogP contribution in [0.3, 0.4) is 0 Å². The quantitative estimate of drug-likeness (QED) is 0.629. The van der Waals surface area contributed by atoms with Gasteiger partial charge >= 0.3 is 10.2 Å². The summed E-state index contributed by atoms with van der Waals surface area (Å²) in [6.07, 6.45) is 1.28. The van der Waals surface area contributed by atoms with Crippen molar-refractivity contribution in [2.24, 2.45) is 0 Å². The number of allylic oxidation sites excluding steroid dienone is 1. The van der Waals surface area contributed by atoms with Crippen LogP contribution in [0.5, 0.6) is 0 Å². The van der Waals surface area contributed by atoms with Crippen LogP contribution in [-0.2, 0) is 10.2 Å². The van der Waals surface area contributed by atoms with E-state index in [9.17, 15) is 12.3 Å². The fourth-order valence-electron chi connectivity index (χ4n) is 1.03. The van der Waals surface area contributed by atoms with E-state index >= 15 is 0 Å². The summed E-state index contributed by atoms with van der Waals surface area (Å²) in [5.74, 6) is 0. The molecule has 0 heterocycles. The Morgan fingerprint density at radius 3 is 2.36 bits per heavy atom. The van der Waals surface area contributed by atoms with E-state index in [1.165, 1.54) is 6.08 Å². The summed E-state index contributed by atoms with van der Waals surface area (Å²) in [7, 11) is -4.65. The van der Waals surface area contributed by atoms with Crippen LogP contribution < -0.4 is 0 Å². The summed E-state index contributed by atoms with van der Waals surface area (Å²) in [5.41, 5.74) is 0.356. The first kappa shape index (κ1) is 11.4. The van der Waals surface area contributed by atoms with Crippen LogP contribution in [-0.4, -0.2) is 13.7 Å². The first-order valence-electron chi connectivity index (χ1n) is 3.82. The number of hydrogen-bond donors (Lipinski definition) is 0. The Morgan fingerprint density at radius 1 is 1.36 bits per heavy atom. The predicted molar refractivity (Wildman–Crippen MR) is 58.2 cm³/mol. The van der Waals surface area contributed by atoms with E-state index in [4.69, 9.17) is 0 Å². The largest absolute Gasteiger partial charge is 0.332 e. The second-order valence-electron chi connectivity index (χ2n) is 2.53. The van der Waals surface area contributed by atoms with Gasteiger partial charge in [-0.2, -0.15) is 8.42 Å². The molecule has 0 saturated carbocycles. The predicted octanol–water partition coefficient (Wildman–Crippen LogP) is 2.72. The van der Waals surface area contributed by atoms with Crippen molar-refractivity contribution in [2.45, 2.75) is 0 Å². The third kappa shape index (κ3) is 2.92. The van der Waals surface area contributed by atoms with Gasteiger partial charge in [0.1, 0.15) is 4.91 Å². The lowest BCUT2D eigenvalue weighted by molar-refractivity contribution is 0.564. The summed E-state index contributed by atoms with van der Waals surface area (Å²) in [6, 6.07) is 8.14. The molecule has 0 bridgehead atoms. The van der Waals surface area contributed by atoms with E-state index in [-0.39, 0.29) is 4.91 Å². The summed E-state index contributed by atoms with van der Waals surface area (Å²) >= 11 is 3.03. The van der Waals surface area contributed by atoms with Gasteiger partial charge in [-0.1, -0.05) is 52.3 Å². The topological polar surface area (TPSA) is 34.1 Å². The van der Waals surface area contributed by atoms with Gasteiger partial charge in [0.25, 0.3) is 0 Å². The molecule has 0 aliphatic carbocycles. The standard InChI is InChI=1S/C9H8BrFO2S/c10-7-6-9(14(11,12)13)8-4-2-1-3-5-8/h1-6H,7H2. The minimum absolute atomic E-state index is 0.292. The summed E-state index contributed by atoms with van der Waals surface area (Å²) in [5, 5.41) is 0.292. The molecule has 0 spiro atoms. The van der Waals surface area contributed by atoms with Gasteiger partial charge < -0.3 is 0 Å². The molecule has 1 aromatic carbocycles. The fraction of sp³-hybridized carbons (Fsp3) is 0.111. The van der Waals surface area contributed by atoms with Crippen LogP contribution in [0.4, 0.5) is 3.89 Å². The molecule has 1 aromatic rings. The Kier molecular flexibility index (Phi) is 3.83. The highest BCUT2D eigenvalue weighted by Crippen LogP contribution is 2.22. The third-order valence-electron chi connectivity index (χ3n) is 1.58. The Morgan fingerprint density at radius 2 is 1.93 bits per heavy atom. The fourth-order valence-corrected chi connectivity index (χ4v) is 2.27. The van der Waals surface area contributed by atoms with E-state index in [0.717, 1.165) is 0 Å². The maximum absolute atomic E-state index is 12.8. The summed E-state index contributed by atoms with van der Waals surface area (Å²) < 4.78 is 34.3. The van der Waals surface area contributed by atoms with Gasteiger partial charge in [-0.25, -0.2) is 0 Å². The lowest BCUT2D eigenvalue weighted by atomic mass is 10.2. The van der Waals surface area contributed by atoms with E-state index < -0.39 is 10.2 Å². The van der Waals surface area contributed by atoms with Crippen LogP contribution in [0.1, 0.15) is 5.56 Å². The van der Waals surface area contributed by atoms with Crippen LogP contribution in [0.25, 0.3) is 4.91 Å². The second-order valence-corrected chi connectivity index (χ2v) is 4.49. The SMILES string of the molecule is O=S(=O)(F)C(=CCBr)c1ccccc1. The van der Waals surface area contributed by atoms with Gasteiger partial charge in [0.2, 0.25) is 0 Å². The first-order valence-corrected chi connectivity index (χ1v) is 6.32. The zero-order valence-corrected chi connectivity index (χ0v) is 9.55. The molecule has 0 aliphatic rings. The van der Waals surface area contributed by atoms with Crippen LogP contribution in [0, 0.1) is 0 Å². The zero-order chi connectivity index (χ0) is 10.6. The van der Waals surface area contributed by atoms with E-state index in [0.29, 0.717) is 10.9 Å². The molecule has 0 N–H and O–H groups in total. The van der Waals surface area contributed by atoms with Gasteiger partial charge in [-0.05, 0) is 5.56 Å². The Hall–Kier alpha value is -0.680. The highest BCUT2D eigenvalue weighted by molar-refractivity contribution is 9.09. The number of hydrogen-bond acceptors (Lipinski definition) is 2. The minimum Gasteiger partial charge on any atom is -0.189 e. The Balaban J connectivity index is 3.23. The number of halogens is 2. The molecule has 0 radical (unpaired) electrons. The number of benzene rings is 1. The average Bonchev–Trinajstić information content (AvgIpc) is 2.14. The first-order chi connectivity index (χ1) is 6.55. The Labute approximate surface area is 90.8 Å². The smallest absolute Gasteiger partial charge is 0.189 e. The van der Waals surface area contributed by atoms with Crippen LogP contribution in [0.2, 0.25) is 0 Å². The van der Waals surface area contributed by atoms with Crippen molar-refractivity contribution in [3.8, 4) is 0 Å². The van der Waals surface area contributed by atoms with Gasteiger partial charge in [0.15, 0.2) is 0 Å². The molecule has 0 fully saturated rings. The van der Waals surface area contributed by atoms with Crippen LogP contribution >= 0.6 is 15.9 Å². The molecular weight excluding hydrogens is 271 g/mol. The molecule has 0 saturated heterocycles. The molecule has 14 heavy (non-hydrogen) atoms. The number of alkyl halides is 1. The highest BCUT2D eigenvalue weighted by atomic mass is 79.9. The molecule has 0 atom stereocenters. The highest BCUT2D eigenvalue weighted by Gasteiger charge is 2.16. The summed E-state index contributed by atoms with van der Waals surface area (Å²) in [6.45, 7) is 0. The maximum Gasteiger partial charge on any atom is 0.332 e. The number of rotatable bonds is 3. The molecule has 0 unspecified atom stereocenters. The average molecular weight is 279 g/mol. The lowest BCUT2D eigenvalue weighted by Gasteiger charge is -2.01. The van der Waals surface area contributed by atoms with Crippen LogP contribution in [0.15, 0.2) is 36.4 Å². The Bertz CT molecular complexity index is 425. The van der Waals surface area contributed by atoms with Crippen molar-refractivity contribution < 1.29 is 12.3 Å². The zero-order valence-electron chi connectivity index (χ0n) is 7.15. The second kappa shape index (κ2) is 4.70. The van der Waals surface area contributed by atoms with Gasteiger partial charge in [-0.15, -0.1) is 3.89 Å². The van der Waals surface area contributed by atoms with Crippen molar-refractivity contribution in [1.82, 2.24) is 0 Å². The molecule has 2 nitrogen and oxygen atoms in total. The molecule has 0 aromatic heterocycles. The van der Waals surface area contributed by atoms with E-state index in [2.05, 4.69) is 15.9 Å². The van der Waals surface area contributed by atoms with Crippen molar-refractivity contribution in [3.63, 3.8) is 0 Å².